The minimum absolute atomic E-state index is 0.0364. The lowest BCUT2D eigenvalue weighted by molar-refractivity contribution is 0.141. The Bertz CT molecular complexity index is 291. The summed E-state index contributed by atoms with van der Waals surface area (Å²) in [5, 5.41) is 0. The zero-order chi connectivity index (χ0) is 9.84. The molecule has 0 saturated heterocycles. The Kier molecular flexibility index (Phi) is 3.00. The van der Waals surface area contributed by atoms with Crippen LogP contribution in [0, 0.1) is 0 Å². The van der Waals surface area contributed by atoms with Gasteiger partial charge in [0, 0.05) is 6.07 Å². The first kappa shape index (κ1) is 9.70. The van der Waals surface area contributed by atoms with Crippen LogP contribution in [0.4, 0.5) is 8.78 Å². The van der Waals surface area contributed by atoms with Crippen molar-refractivity contribution in [3.05, 3.63) is 18.0 Å². The molecule has 0 radical (unpaired) electrons. The van der Waals surface area contributed by atoms with Gasteiger partial charge in [0.15, 0.2) is 0 Å². The number of alkyl halides is 2. The highest BCUT2D eigenvalue weighted by Crippen LogP contribution is 2.29. The smallest absolute Gasteiger partial charge is 0.284 e. The second-order valence-corrected chi connectivity index (χ2v) is 2.26. The second kappa shape index (κ2) is 4.02. The Balaban J connectivity index is 3.08. The monoisotopic (exact) mass is 189 g/mol. The third-order valence-electron chi connectivity index (χ3n) is 1.52. The molecule has 1 heterocycles. The first-order chi connectivity index (χ1) is 6.19. The number of ether oxygens (including phenoxy) is 2. The molecule has 0 aromatic carbocycles. The van der Waals surface area contributed by atoms with Crippen molar-refractivity contribution in [1.29, 1.82) is 0 Å². The normalized spacial score (nSPS) is 10.2. The van der Waals surface area contributed by atoms with E-state index in [0.717, 1.165) is 0 Å². The lowest BCUT2D eigenvalue weighted by Gasteiger charge is -2.07. The molecule has 3 nitrogen and oxygen atoms in total. The van der Waals surface area contributed by atoms with Crippen molar-refractivity contribution >= 4 is 0 Å². The molecule has 0 aliphatic rings. The van der Waals surface area contributed by atoms with Crippen molar-refractivity contribution < 1.29 is 18.3 Å². The Morgan fingerprint density at radius 1 is 1.31 bits per heavy atom. The van der Waals surface area contributed by atoms with E-state index in [4.69, 9.17) is 9.47 Å². The molecule has 0 amide bonds. The van der Waals surface area contributed by atoms with Gasteiger partial charge in [0.2, 0.25) is 0 Å². The van der Waals surface area contributed by atoms with E-state index < -0.39 is 6.43 Å². The summed E-state index contributed by atoms with van der Waals surface area (Å²) in [7, 11) is 2.74. The molecule has 13 heavy (non-hydrogen) atoms. The number of halogens is 2. The standard InChI is InChI=1S/C8H9F2NO2/c1-12-5-3-6(13-2)7(8(9)10)11-4-5/h3-4,8H,1-2H3. The van der Waals surface area contributed by atoms with Crippen LogP contribution in [0.15, 0.2) is 12.3 Å². The van der Waals surface area contributed by atoms with E-state index in [0.29, 0.717) is 5.75 Å². The maximum absolute atomic E-state index is 12.3. The Hall–Kier alpha value is -1.39. The van der Waals surface area contributed by atoms with E-state index in [-0.39, 0.29) is 11.4 Å². The van der Waals surface area contributed by atoms with E-state index in [2.05, 4.69) is 4.98 Å². The SMILES string of the molecule is COc1cnc(C(F)F)c(OC)c1. The van der Waals surface area contributed by atoms with Gasteiger partial charge in [0.05, 0.1) is 20.4 Å². The first-order valence-corrected chi connectivity index (χ1v) is 3.55. The molecule has 1 aromatic rings. The average molecular weight is 189 g/mol. The van der Waals surface area contributed by atoms with E-state index in [9.17, 15) is 8.78 Å². The third-order valence-corrected chi connectivity index (χ3v) is 1.52. The summed E-state index contributed by atoms with van der Waals surface area (Å²) in [5.74, 6) is 0.426. The molecule has 1 rings (SSSR count). The number of nitrogens with zero attached hydrogens (tertiary/aromatic N) is 1. The van der Waals surface area contributed by atoms with Crippen LogP contribution in [0.1, 0.15) is 12.1 Å². The number of rotatable bonds is 3. The van der Waals surface area contributed by atoms with Crippen LogP contribution < -0.4 is 9.47 Å². The van der Waals surface area contributed by atoms with Crippen molar-refractivity contribution in [2.24, 2.45) is 0 Å². The van der Waals surface area contributed by atoms with Crippen molar-refractivity contribution in [1.82, 2.24) is 4.98 Å². The molecule has 0 bridgehead atoms. The topological polar surface area (TPSA) is 31.4 Å². The quantitative estimate of drug-likeness (QED) is 0.729. The van der Waals surface area contributed by atoms with Gasteiger partial charge < -0.3 is 9.47 Å². The van der Waals surface area contributed by atoms with E-state index >= 15 is 0 Å². The molecule has 5 heteroatoms. The number of hydrogen-bond donors (Lipinski definition) is 0. The number of pyridine rings is 1. The molecule has 1 aromatic heterocycles. The fourth-order valence-electron chi connectivity index (χ4n) is 0.876. The third kappa shape index (κ3) is 2.05. The maximum atomic E-state index is 12.3. The summed E-state index contributed by atoms with van der Waals surface area (Å²) in [4.78, 5) is 3.52. The molecular weight excluding hydrogens is 180 g/mol. The van der Waals surface area contributed by atoms with Gasteiger partial charge in [-0.2, -0.15) is 0 Å². The minimum atomic E-state index is -2.64. The maximum Gasteiger partial charge on any atom is 0.284 e. The molecule has 0 unspecified atom stereocenters. The molecule has 0 aliphatic heterocycles. The van der Waals surface area contributed by atoms with Crippen LogP contribution in [-0.2, 0) is 0 Å². The zero-order valence-electron chi connectivity index (χ0n) is 7.25. The van der Waals surface area contributed by atoms with Crippen LogP contribution in [0.3, 0.4) is 0 Å². The zero-order valence-corrected chi connectivity index (χ0v) is 7.25. The van der Waals surface area contributed by atoms with E-state index in [1.54, 1.807) is 0 Å². The van der Waals surface area contributed by atoms with Crippen LogP contribution in [0.25, 0.3) is 0 Å². The predicted molar refractivity (Wildman–Crippen MR) is 42.3 cm³/mol. The Morgan fingerprint density at radius 3 is 2.46 bits per heavy atom. The molecule has 0 atom stereocenters. The van der Waals surface area contributed by atoms with Crippen LogP contribution in [0.2, 0.25) is 0 Å². The van der Waals surface area contributed by atoms with Crippen LogP contribution in [0.5, 0.6) is 11.5 Å². The van der Waals surface area contributed by atoms with Crippen molar-refractivity contribution in [2.75, 3.05) is 14.2 Å². The van der Waals surface area contributed by atoms with Gasteiger partial charge in [-0.25, -0.2) is 13.8 Å². The highest BCUT2D eigenvalue weighted by atomic mass is 19.3. The van der Waals surface area contributed by atoms with E-state index in [1.807, 2.05) is 0 Å². The molecule has 0 spiro atoms. The highest BCUT2D eigenvalue weighted by molar-refractivity contribution is 5.35. The van der Waals surface area contributed by atoms with Crippen molar-refractivity contribution in [2.45, 2.75) is 6.43 Å². The van der Waals surface area contributed by atoms with Crippen LogP contribution in [-0.4, -0.2) is 19.2 Å². The highest BCUT2D eigenvalue weighted by Gasteiger charge is 2.15. The fourth-order valence-corrected chi connectivity index (χ4v) is 0.876. The summed E-state index contributed by atoms with van der Waals surface area (Å²) in [6.07, 6.45) is -1.41. The summed E-state index contributed by atoms with van der Waals surface area (Å²) in [5.41, 5.74) is -0.372. The average Bonchev–Trinajstić information content (AvgIpc) is 2.16. The predicted octanol–water partition coefficient (Wildman–Crippen LogP) is 2.04. The van der Waals surface area contributed by atoms with Gasteiger partial charge in [0.1, 0.15) is 17.2 Å². The first-order valence-electron chi connectivity index (χ1n) is 3.55. The number of hydrogen-bond acceptors (Lipinski definition) is 3. The van der Waals surface area contributed by atoms with Crippen molar-refractivity contribution in [3.8, 4) is 11.5 Å². The summed E-state index contributed by atoms with van der Waals surface area (Å²) in [6, 6.07) is 1.37. The van der Waals surface area contributed by atoms with Gasteiger partial charge in [-0.1, -0.05) is 0 Å². The number of aromatic nitrogens is 1. The molecular formula is C8H9F2NO2. The van der Waals surface area contributed by atoms with Gasteiger partial charge in [-0.05, 0) is 0 Å². The molecule has 0 N–H and O–H groups in total. The van der Waals surface area contributed by atoms with Gasteiger partial charge >= 0.3 is 0 Å². The molecule has 72 valence electrons. The lowest BCUT2D eigenvalue weighted by atomic mass is 10.3. The van der Waals surface area contributed by atoms with Crippen molar-refractivity contribution in [3.63, 3.8) is 0 Å². The van der Waals surface area contributed by atoms with E-state index in [1.165, 1.54) is 26.5 Å². The molecule has 0 aliphatic carbocycles. The van der Waals surface area contributed by atoms with Gasteiger partial charge in [-0.3, -0.25) is 0 Å². The summed E-state index contributed by atoms with van der Waals surface area (Å²) >= 11 is 0. The number of methoxy groups -OCH3 is 2. The Morgan fingerprint density at radius 2 is 2.00 bits per heavy atom. The Labute approximate surface area is 74.3 Å². The van der Waals surface area contributed by atoms with Gasteiger partial charge in [-0.15, -0.1) is 0 Å². The minimum Gasteiger partial charge on any atom is -0.495 e. The molecule has 0 saturated carbocycles. The van der Waals surface area contributed by atoms with Gasteiger partial charge in [0.25, 0.3) is 6.43 Å². The lowest BCUT2D eigenvalue weighted by Crippen LogP contribution is -1.97. The van der Waals surface area contributed by atoms with Crippen LogP contribution >= 0.6 is 0 Å². The largest absolute Gasteiger partial charge is 0.495 e. The molecule has 0 fully saturated rings. The second-order valence-electron chi connectivity index (χ2n) is 2.26. The fraction of sp³-hybridized carbons (Fsp3) is 0.375. The summed E-state index contributed by atoms with van der Waals surface area (Å²) in [6.45, 7) is 0. The summed E-state index contributed by atoms with van der Waals surface area (Å²) < 4.78 is 34.1.